The quantitative estimate of drug-likeness (QED) is 0.653. The van der Waals surface area contributed by atoms with Crippen molar-refractivity contribution in [3.05, 3.63) is 52.8 Å². The normalized spacial score (nSPS) is 14.7. The molecule has 1 fully saturated rings. The van der Waals surface area contributed by atoms with Crippen LogP contribution in [-0.2, 0) is 21.9 Å². The van der Waals surface area contributed by atoms with Crippen LogP contribution in [0.15, 0.2) is 35.2 Å². The Kier molecular flexibility index (Phi) is 5.16. The summed E-state index contributed by atoms with van der Waals surface area (Å²) in [6.07, 6.45) is 3.36. The summed E-state index contributed by atoms with van der Waals surface area (Å²) >= 11 is 0. The predicted octanol–water partition coefficient (Wildman–Crippen LogP) is 3.71. The highest BCUT2D eigenvalue weighted by atomic mass is 32.2. The number of nitrogens with one attached hydrogen (secondary N) is 1. The molecule has 4 rings (SSSR count). The van der Waals surface area contributed by atoms with E-state index in [4.69, 9.17) is 10.1 Å². The van der Waals surface area contributed by atoms with Gasteiger partial charge in [-0.2, -0.15) is 5.10 Å². The molecule has 7 nitrogen and oxygen atoms in total. The van der Waals surface area contributed by atoms with Crippen LogP contribution in [0.3, 0.4) is 0 Å². The van der Waals surface area contributed by atoms with Gasteiger partial charge in [-0.15, -0.1) is 0 Å². The zero-order valence-corrected chi connectivity index (χ0v) is 19.4. The molecule has 164 valence electrons. The number of carbonyl (C=O) groups is 1. The molecular formula is C23H28N4O3S. The maximum atomic E-state index is 13.2. The highest BCUT2D eigenvalue weighted by molar-refractivity contribution is 7.90. The second-order valence-corrected chi connectivity index (χ2v) is 11.4. The molecule has 31 heavy (non-hydrogen) atoms. The zero-order chi connectivity index (χ0) is 22.6. The van der Waals surface area contributed by atoms with Crippen molar-refractivity contribution in [3.63, 3.8) is 0 Å². The van der Waals surface area contributed by atoms with E-state index in [0.29, 0.717) is 18.0 Å². The number of rotatable bonds is 5. The van der Waals surface area contributed by atoms with Gasteiger partial charge < -0.3 is 5.32 Å². The van der Waals surface area contributed by atoms with Crippen LogP contribution < -0.4 is 5.32 Å². The van der Waals surface area contributed by atoms with E-state index in [1.807, 2.05) is 17.7 Å². The summed E-state index contributed by atoms with van der Waals surface area (Å²) in [5, 5.41) is 8.45. The minimum atomic E-state index is -3.24. The monoisotopic (exact) mass is 440 g/mol. The minimum Gasteiger partial charge on any atom is -0.348 e. The molecule has 3 aromatic rings. The summed E-state index contributed by atoms with van der Waals surface area (Å²) in [4.78, 5) is 18.3. The molecule has 0 saturated heterocycles. The molecule has 1 aliphatic carbocycles. The van der Waals surface area contributed by atoms with Crippen LogP contribution in [0.1, 0.15) is 66.8 Å². The molecule has 2 aromatic heterocycles. The van der Waals surface area contributed by atoms with Crippen molar-refractivity contribution in [1.82, 2.24) is 20.1 Å². The summed E-state index contributed by atoms with van der Waals surface area (Å²) in [5.41, 5.74) is 3.64. The van der Waals surface area contributed by atoms with Gasteiger partial charge in [-0.3, -0.25) is 4.79 Å². The lowest BCUT2D eigenvalue weighted by molar-refractivity contribution is 0.0952. The van der Waals surface area contributed by atoms with Gasteiger partial charge in [0.2, 0.25) is 0 Å². The van der Waals surface area contributed by atoms with Gasteiger partial charge in [-0.25, -0.2) is 18.1 Å². The lowest BCUT2D eigenvalue weighted by Gasteiger charge is -2.20. The van der Waals surface area contributed by atoms with Crippen LogP contribution >= 0.6 is 0 Å². The molecule has 2 heterocycles. The Hall–Kier alpha value is -2.74. The Morgan fingerprint density at radius 3 is 2.39 bits per heavy atom. The molecule has 1 aliphatic rings. The summed E-state index contributed by atoms with van der Waals surface area (Å²) in [5.74, 6) is 0.223. The molecule has 1 aromatic carbocycles. The third kappa shape index (κ3) is 4.35. The van der Waals surface area contributed by atoms with Crippen molar-refractivity contribution >= 4 is 26.8 Å². The maximum Gasteiger partial charge on any atom is 0.252 e. The molecule has 0 aliphatic heterocycles. The first-order chi connectivity index (χ1) is 14.4. The average Bonchev–Trinajstić information content (AvgIpc) is 3.48. The first-order valence-corrected chi connectivity index (χ1v) is 12.3. The fraction of sp³-hybridized carbons (Fsp3) is 0.435. The topological polar surface area (TPSA) is 93.9 Å². The molecular weight excluding hydrogens is 412 g/mol. The number of nitrogens with zero attached hydrogens (tertiary/aromatic N) is 3. The zero-order valence-electron chi connectivity index (χ0n) is 18.6. The van der Waals surface area contributed by atoms with Crippen molar-refractivity contribution in [1.29, 1.82) is 0 Å². The van der Waals surface area contributed by atoms with E-state index < -0.39 is 9.84 Å². The number of amides is 1. The number of benzene rings is 1. The van der Waals surface area contributed by atoms with Gasteiger partial charge in [0.15, 0.2) is 15.5 Å². The Bertz CT molecular complexity index is 1260. The van der Waals surface area contributed by atoms with Gasteiger partial charge in [0.25, 0.3) is 5.91 Å². The van der Waals surface area contributed by atoms with E-state index in [1.165, 1.54) is 6.26 Å². The highest BCUT2D eigenvalue weighted by Gasteiger charge is 2.30. The SMILES string of the molecule is Cc1nn(C(C)(C)C)c2nc(C3CC3)cc(C(=O)NCc3ccc(S(C)(=O)=O)cc3)c12. The first kappa shape index (κ1) is 21.5. The van der Waals surface area contributed by atoms with Crippen molar-refractivity contribution < 1.29 is 13.2 Å². The number of carbonyl (C=O) groups excluding carboxylic acids is 1. The smallest absolute Gasteiger partial charge is 0.252 e. The Morgan fingerprint density at radius 1 is 1.19 bits per heavy atom. The molecule has 1 N–H and O–H groups in total. The van der Waals surface area contributed by atoms with Crippen LogP contribution in [0.4, 0.5) is 0 Å². The van der Waals surface area contributed by atoms with E-state index >= 15 is 0 Å². The molecule has 0 bridgehead atoms. The number of pyridine rings is 1. The van der Waals surface area contributed by atoms with Crippen LogP contribution in [0.2, 0.25) is 0 Å². The largest absolute Gasteiger partial charge is 0.348 e. The van der Waals surface area contributed by atoms with Crippen LogP contribution in [0, 0.1) is 6.92 Å². The van der Waals surface area contributed by atoms with E-state index in [-0.39, 0.29) is 16.3 Å². The molecule has 0 unspecified atom stereocenters. The number of hydrogen-bond acceptors (Lipinski definition) is 5. The summed E-state index contributed by atoms with van der Waals surface area (Å²) in [6.45, 7) is 8.43. The van der Waals surface area contributed by atoms with Crippen molar-refractivity contribution in [2.75, 3.05) is 6.26 Å². The van der Waals surface area contributed by atoms with Crippen LogP contribution in [-0.4, -0.2) is 35.3 Å². The Labute approximate surface area is 182 Å². The van der Waals surface area contributed by atoms with Crippen molar-refractivity contribution in [2.24, 2.45) is 0 Å². The second-order valence-electron chi connectivity index (χ2n) is 9.33. The van der Waals surface area contributed by atoms with Gasteiger partial charge >= 0.3 is 0 Å². The summed E-state index contributed by atoms with van der Waals surface area (Å²) in [7, 11) is -3.24. The number of sulfone groups is 1. The van der Waals surface area contributed by atoms with E-state index in [0.717, 1.165) is 40.8 Å². The van der Waals surface area contributed by atoms with Crippen LogP contribution in [0.5, 0.6) is 0 Å². The lowest BCUT2D eigenvalue weighted by atomic mass is 10.1. The van der Waals surface area contributed by atoms with E-state index in [2.05, 4.69) is 26.1 Å². The van der Waals surface area contributed by atoms with Crippen molar-refractivity contribution in [3.8, 4) is 0 Å². The van der Waals surface area contributed by atoms with Gasteiger partial charge in [0.1, 0.15) is 0 Å². The number of hydrogen-bond donors (Lipinski definition) is 1. The van der Waals surface area contributed by atoms with Gasteiger partial charge in [-0.05, 0) is 64.3 Å². The summed E-state index contributed by atoms with van der Waals surface area (Å²) in [6, 6.07) is 8.47. The third-order valence-corrected chi connectivity index (χ3v) is 6.64. The number of fused-ring (bicyclic) bond motifs is 1. The Balaban J connectivity index is 1.66. The van der Waals surface area contributed by atoms with Gasteiger partial charge in [0.05, 0.1) is 27.1 Å². The molecule has 1 saturated carbocycles. The van der Waals surface area contributed by atoms with E-state index in [9.17, 15) is 13.2 Å². The number of aromatic nitrogens is 3. The second kappa shape index (κ2) is 7.44. The standard InChI is InChI=1S/C23H28N4O3S/c1-14-20-18(22(28)24-13-15-6-10-17(11-7-15)31(5,29)30)12-19(16-8-9-16)25-21(20)27(26-14)23(2,3)4/h6-7,10-12,16H,8-9,13H2,1-5H3,(H,24,28). The minimum absolute atomic E-state index is 0.182. The number of aryl methyl sites for hydroxylation is 1. The van der Waals surface area contributed by atoms with Crippen LogP contribution in [0.25, 0.3) is 11.0 Å². The highest BCUT2D eigenvalue weighted by Crippen LogP contribution is 2.41. The van der Waals surface area contributed by atoms with E-state index in [1.54, 1.807) is 24.3 Å². The Morgan fingerprint density at radius 2 is 1.84 bits per heavy atom. The first-order valence-electron chi connectivity index (χ1n) is 10.4. The fourth-order valence-electron chi connectivity index (χ4n) is 3.68. The lowest BCUT2D eigenvalue weighted by Crippen LogP contribution is -2.25. The van der Waals surface area contributed by atoms with Gasteiger partial charge in [0, 0.05) is 24.4 Å². The molecule has 0 spiro atoms. The molecule has 0 atom stereocenters. The average molecular weight is 441 g/mol. The molecule has 8 heteroatoms. The molecule has 1 amide bonds. The fourth-order valence-corrected chi connectivity index (χ4v) is 4.31. The third-order valence-electron chi connectivity index (χ3n) is 5.51. The van der Waals surface area contributed by atoms with Crippen molar-refractivity contribution in [2.45, 2.75) is 63.4 Å². The predicted molar refractivity (Wildman–Crippen MR) is 120 cm³/mol. The molecule has 0 radical (unpaired) electrons. The van der Waals surface area contributed by atoms with Gasteiger partial charge in [-0.1, -0.05) is 12.1 Å². The maximum absolute atomic E-state index is 13.2. The summed E-state index contributed by atoms with van der Waals surface area (Å²) < 4.78 is 25.2.